The maximum atomic E-state index is 6.61. The number of benzene rings is 2. The molecule has 2 aliphatic rings. The normalized spacial score (nSPS) is 19.8. The Bertz CT molecular complexity index is 1330. The fraction of sp³-hybridized carbons (Fsp3) is 0.364. The number of halogens is 1. The van der Waals surface area contributed by atoms with Crippen LogP contribution in [0.2, 0.25) is 0 Å². The van der Waals surface area contributed by atoms with Crippen molar-refractivity contribution in [3.63, 3.8) is 0 Å². The molecule has 2 aliphatic heterocycles. The summed E-state index contributed by atoms with van der Waals surface area (Å²) in [7, 11) is 0. The fourth-order valence-electron chi connectivity index (χ4n) is 5.78. The number of aryl methyl sites for hydroxylation is 2. The first-order valence-corrected chi connectivity index (χ1v) is 13.5. The molecule has 36 heavy (non-hydrogen) atoms. The molecule has 0 spiro atoms. The summed E-state index contributed by atoms with van der Waals surface area (Å²) >= 11 is 6.61. The van der Waals surface area contributed by atoms with Crippen molar-refractivity contribution >= 4 is 28.7 Å². The van der Waals surface area contributed by atoms with Crippen LogP contribution in [0.15, 0.2) is 83.6 Å². The van der Waals surface area contributed by atoms with E-state index in [0.29, 0.717) is 5.03 Å². The second-order valence-electron chi connectivity index (χ2n) is 11.0. The lowest BCUT2D eigenvalue weighted by Crippen LogP contribution is -2.27. The second kappa shape index (κ2) is 9.90. The third kappa shape index (κ3) is 4.52. The van der Waals surface area contributed by atoms with Gasteiger partial charge in [-0.1, -0.05) is 66.9 Å². The molecular formula is C33H40ClN2+. The van der Waals surface area contributed by atoms with Crippen LogP contribution in [0.3, 0.4) is 0 Å². The standard InChI is InChI=1S/C33H40ClN2/c1-9-35-28-19-17-23(3)21-26(28)32(5,6)30(35)15-11-13-25(34)14-12-16-31-33(7,8)27-22-24(4)18-20-29(27)36(31)10-2/h11-22H,9-10H2,1-8H3/q+1. The van der Waals surface area contributed by atoms with Gasteiger partial charge in [-0.25, -0.2) is 0 Å². The lowest BCUT2D eigenvalue weighted by Gasteiger charge is -2.25. The number of likely N-dealkylation sites (N-methyl/N-ethyl adjacent to an activating group) is 1. The molecule has 0 saturated carbocycles. The second-order valence-corrected chi connectivity index (χ2v) is 11.4. The minimum Gasteiger partial charge on any atom is -0.344 e. The van der Waals surface area contributed by atoms with Gasteiger partial charge in [-0.2, -0.15) is 4.58 Å². The van der Waals surface area contributed by atoms with Gasteiger partial charge in [0.2, 0.25) is 5.69 Å². The summed E-state index contributed by atoms with van der Waals surface area (Å²) in [5, 5.41) is 0.711. The number of anilines is 1. The number of fused-ring (bicyclic) bond motifs is 2. The predicted octanol–water partition coefficient (Wildman–Crippen LogP) is 8.64. The highest BCUT2D eigenvalue weighted by Gasteiger charge is 2.43. The van der Waals surface area contributed by atoms with Crippen LogP contribution in [-0.4, -0.2) is 23.4 Å². The molecule has 0 N–H and O–H groups in total. The Hall–Kier alpha value is -2.84. The summed E-state index contributed by atoms with van der Waals surface area (Å²) in [4.78, 5) is 2.41. The zero-order valence-corrected chi connectivity index (χ0v) is 23.9. The fourth-order valence-corrected chi connectivity index (χ4v) is 5.92. The Balaban J connectivity index is 1.56. The third-order valence-corrected chi connectivity index (χ3v) is 8.00. The largest absolute Gasteiger partial charge is 0.344 e. The van der Waals surface area contributed by atoms with Crippen LogP contribution in [0.1, 0.15) is 63.8 Å². The first kappa shape index (κ1) is 26.2. The Kier molecular flexibility index (Phi) is 7.21. The van der Waals surface area contributed by atoms with E-state index < -0.39 is 0 Å². The molecule has 0 aromatic heterocycles. The van der Waals surface area contributed by atoms with Crippen LogP contribution in [0.4, 0.5) is 11.4 Å². The van der Waals surface area contributed by atoms with Gasteiger partial charge in [0.25, 0.3) is 0 Å². The molecule has 0 bridgehead atoms. The molecule has 0 fully saturated rings. The summed E-state index contributed by atoms with van der Waals surface area (Å²) < 4.78 is 2.41. The molecule has 2 heterocycles. The Labute approximate surface area is 223 Å². The minimum atomic E-state index is -0.0422. The van der Waals surface area contributed by atoms with E-state index in [-0.39, 0.29) is 10.8 Å². The van der Waals surface area contributed by atoms with Crippen molar-refractivity contribution in [1.82, 2.24) is 0 Å². The molecule has 0 amide bonds. The lowest BCUT2D eigenvalue weighted by molar-refractivity contribution is -0.433. The average molecular weight is 500 g/mol. The van der Waals surface area contributed by atoms with Crippen molar-refractivity contribution in [2.24, 2.45) is 0 Å². The molecule has 2 nitrogen and oxygen atoms in total. The number of rotatable bonds is 6. The summed E-state index contributed by atoms with van der Waals surface area (Å²) in [5.41, 5.74) is 10.5. The summed E-state index contributed by atoms with van der Waals surface area (Å²) in [5.74, 6) is 0. The van der Waals surface area contributed by atoms with E-state index in [1.165, 1.54) is 45.0 Å². The van der Waals surface area contributed by atoms with Gasteiger partial charge in [0.1, 0.15) is 6.54 Å². The highest BCUT2D eigenvalue weighted by Crippen LogP contribution is 2.47. The monoisotopic (exact) mass is 499 g/mol. The topological polar surface area (TPSA) is 6.25 Å². The van der Waals surface area contributed by atoms with E-state index in [4.69, 9.17) is 11.6 Å². The maximum absolute atomic E-state index is 6.61. The Morgan fingerprint density at radius 1 is 0.917 bits per heavy atom. The molecule has 0 unspecified atom stereocenters. The zero-order valence-electron chi connectivity index (χ0n) is 23.1. The zero-order chi connectivity index (χ0) is 26.3. The summed E-state index contributed by atoms with van der Waals surface area (Å²) in [6.45, 7) is 19.9. The van der Waals surface area contributed by atoms with Crippen LogP contribution in [0.25, 0.3) is 0 Å². The van der Waals surface area contributed by atoms with E-state index >= 15 is 0 Å². The molecule has 3 heteroatoms. The molecule has 0 aliphatic carbocycles. The lowest BCUT2D eigenvalue weighted by atomic mass is 9.81. The quantitative estimate of drug-likeness (QED) is 0.284. The van der Waals surface area contributed by atoms with Crippen LogP contribution in [-0.2, 0) is 10.8 Å². The van der Waals surface area contributed by atoms with Gasteiger partial charge in [0, 0.05) is 46.1 Å². The molecule has 0 atom stereocenters. The van der Waals surface area contributed by atoms with Gasteiger partial charge in [0.05, 0.1) is 5.41 Å². The van der Waals surface area contributed by atoms with Gasteiger partial charge < -0.3 is 4.90 Å². The molecule has 188 valence electrons. The van der Waals surface area contributed by atoms with Crippen molar-refractivity contribution in [1.29, 1.82) is 0 Å². The summed E-state index contributed by atoms with van der Waals surface area (Å²) in [6.07, 6.45) is 12.6. The van der Waals surface area contributed by atoms with Gasteiger partial charge >= 0.3 is 0 Å². The molecule has 4 rings (SSSR count). The van der Waals surface area contributed by atoms with E-state index in [2.05, 4.69) is 126 Å². The van der Waals surface area contributed by atoms with Crippen LogP contribution >= 0.6 is 11.6 Å². The molecule has 0 saturated heterocycles. The first-order chi connectivity index (χ1) is 17.0. The van der Waals surface area contributed by atoms with Crippen LogP contribution < -0.4 is 4.90 Å². The predicted molar refractivity (Wildman–Crippen MR) is 157 cm³/mol. The van der Waals surface area contributed by atoms with Crippen molar-refractivity contribution in [3.8, 4) is 0 Å². The van der Waals surface area contributed by atoms with Crippen molar-refractivity contribution in [2.45, 2.75) is 66.2 Å². The van der Waals surface area contributed by atoms with Gasteiger partial charge in [-0.15, -0.1) is 0 Å². The van der Waals surface area contributed by atoms with E-state index in [9.17, 15) is 0 Å². The molecule has 2 aromatic rings. The smallest absolute Gasteiger partial charge is 0.209 e. The maximum Gasteiger partial charge on any atom is 0.209 e. The average Bonchev–Trinajstić information content (AvgIpc) is 3.17. The van der Waals surface area contributed by atoms with Crippen LogP contribution in [0.5, 0.6) is 0 Å². The minimum absolute atomic E-state index is 0.0422. The van der Waals surface area contributed by atoms with E-state index in [1.54, 1.807) is 0 Å². The summed E-state index contributed by atoms with van der Waals surface area (Å²) in [6, 6.07) is 13.5. The van der Waals surface area contributed by atoms with Gasteiger partial charge in [-0.3, -0.25) is 0 Å². The number of hydrogen-bond acceptors (Lipinski definition) is 1. The number of allylic oxidation sites excluding steroid dienone is 8. The highest BCUT2D eigenvalue weighted by atomic mass is 35.5. The number of hydrogen-bond donors (Lipinski definition) is 0. The first-order valence-electron chi connectivity index (χ1n) is 13.1. The van der Waals surface area contributed by atoms with E-state index in [1.807, 2.05) is 12.2 Å². The van der Waals surface area contributed by atoms with Crippen molar-refractivity contribution in [3.05, 3.63) is 106 Å². The molecule has 0 radical (unpaired) electrons. The Morgan fingerprint density at radius 3 is 2.25 bits per heavy atom. The molecule has 2 aromatic carbocycles. The van der Waals surface area contributed by atoms with E-state index in [0.717, 1.165) is 13.1 Å². The van der Waals surface area contributed by atoms with Crippen molar-refractivity contribution < 1.29 is 4.58 Å². The van der Waals surface area contributed by atoms with Gasteiger partial charge in [-0.05, 0) is 77.5 Å². The van der Waals surface area contributed by atoms with Crippen LogP contribution in [0, 0.1) is 13.8 Å². The van der Waals surface area contributed by atoms with Gasteiger partial charge in [0.15, 0.2) is 5.71 Å². The van der Waals surface area contributed by atoms with Crippen molar-refractivity contribution in [2.75, 3.05) is 18.0 Å². The number of nitrogens with zero attached hydrogens (tertiary/aromatic N) is 2. The SMILES string of the molecule is CCN1/C(=C/C=C/C(Cl)=C/C=C/C2=[N+](CC)c3ccc(C)cc3C2(C)C)C(C)(C)c2cc(C)ccc21. The third-order valence-electron chi connectivity index (χ3n) is 7.75. The Morgan fingerprint density at radius 2 is 1.58 bits per heavy atom. The highest BCUT2D eigenvalue weighted by molar-refractivity contribution is 6.31. The molecular weight excluding hydrogens is 460 g/mol.